The first-order valence-corrected chi connectivity index (χ1v) is 6.75. The summed E-state index contributed by atoms with van der Waals surface area (Å²) in [4.78, 5) is 21.8. The zero-order chi connectivity index (χ0) is 14.4. The third-order valence-corrected chi connectivity index (χ3v) is 3.02. The number of carbonyl (C=O) groups excluding carboxylic acids is 1. The van der Waals surface area contributed by atoms with Crippen LogP contribution in [0.5, 0.6) is 0 Å². The van der Waals surface area contributed by atoms with Crippen molar-refractivity contribution in [2.45, 2.75) is 46.6 Å². The zero-order valence-electron chi connectivity index (χ0n) is 12.5. The summed E-state index contributed by atoms with van der Waals surface area (Å²) >= 11 is 0. The fourth-order valence-electron chi connectivity index (χ4n) is 1.62. The normalized spacial score (nSPS) is 12.1. The highest BCUT2D eigenvalue weighted by Crippen LogP contribution is 2.16. The fraction of sp³-hybridized carbons (Fsp3) is 0.643. The highest BCUT2D eigenvalue weighted by molar-refractivity contribution is 5.76. The number of hydrogen-bond donors (Lipinski definition) is 1. The van der Waals surface area contributed by atoms with E-state index in [9.17, 15) is 4.79 Å². The maximum Gasteiger partial charge on any atom is 0.134 e. The van der Waals surface area contributed by atoms with Crippen molar-refractivity contribution in [2.75, 3.05) is 23.8 Å². The summed E-state index contributed by atoms with van der Waals surface area (Å²) in [5.41, 5.74) is 0. The first-order chi connectivity index (χ1) is 8.92. The molecule has 1 rings (SSSR count). The molecule has 1 heterocycles. The van der Waals surface area contributed by atoms with Crippen LogP contribution in [-0.4, -0.2) is 35.4 Å². The number of rotatable bonds is 7. The number of aryl methyl sites for hydroxylation is 1. The van der Waals surface area contributed by atoms with E-state index in [1.54, 1.807) is 6.92 Å². The molecular weight excluding hydrogens is 240 g/mol. The molecule has 5 heteroatoms. The standard InChI is InChI=1S/C14H24N4O/c1-6-10(2)15-13-9-14(17-12(4)16-13)18(5)8-7-11(3)19/h9-10H,6-8H2,1-5H3,(H,15,16,17). The highest BCUT2D eigenvalue weighted by Gasteiger charge is 2.08. The molecule has 0 spiro atoms. The number of carbonyl (C=O) groups is 1. The minimum Gasteiger partial charge on any atom is -0.367 e. The Morgan fingerprint density at radius 1 is 1.47 bits per heavy atom. The lowest BCUT2D eigenvalue weighted by Crippen LogP contribution is -2.23. The van der Waals surface area contributed by atoms with Gasteiger partial charge in [-0.3, -0.25) is 4.79 Å². The van der Waals surface area contributed by atoms with Gasteiger partial charge in [0, 0.05) is 32.1 Å². The van der Waals surface area contributed by atoms with Crippen molar-refractivity contribution in [1.82, 2.24) is 9.97 Å². The van der Waals surface area contributed by atoms with E-state index in [1.807, 2.05) is 24.9 Å². The Bertz CT molecular complexity index is 433. The van der Waals surface area contributed by atoms with Crippen molar-refractivity contribution in [3.63, 3.8) is 0 Å². The molecule has 0 aliphatic rings. The van der Waals surface area contributed by atoms with Gasteiger partial charge in [0.2, 0.25) is 0 Å². The second kappa shape index (κ2) is 7.07. The van der Waals surface area contributed by atoms with Crippen LogP contribution in [0.2, 0.25) is 0 Å². The Hall–Kier alpha value is -1.65. The molecule has 1 atom stereocenters. The molecule has 0 aromatic carbocycles. The molecule has 1 unspecified atom stereocenters. The topological polar surface area (TPSA) is 58.1 Å². The maximum atomic E-state index is 11.0. The third kappa shape index (κ3) is 5.24. The van der Waals surface area contributed by atoms with Gasteiger partial charge in [-0.05, 0) is 27.2 Å². The van der Waals surface area contributed by atoms with Gasteiger partial charge in [0.15, 0.2) is 0 Å². The Morgan fingerprint density at radius 2 is 2.16 bits per heavy atom. The van der Waals surface area contributed by atoms with Crippen molar-refractivity contribution in [3.8, 4) is 0 Å². The predicted molar refractivity (Wildman–Crippen MR) is 78.7 cm³/mol. The number of anilines is 2. The lowest BCUT2D eigenvalue weighted by Gasteiger charge is -2.19. The first kappa shape index (κ1) is 15.4. The van der Waals surface area contributed by atoms with Crippen LogP contribution in [0.4, 0.5) is 11.6 Å². The summed E-state index contributed by atoms with van der Waals surface area (Å²) in [6.07, 6.45) is 1.58. The van der Waals surface area contributed by atoms with Crippen LogP contribution in [0.25, 0.3) is 0 Å². The van der Waals surface area contributed by atoms with E-state index in [0.717, 1.165) is 23.9 Å². The molecule has 1 N–H and O–H groups in total. The van der Waals surface area contributed by atoms with Gasteiger partial charge in [-0.2, -0.15) is 0 Å². The van der Waals surface area contributed by atoms with Crippen LogP contribution in [-0.2, 0) is 4.79 Å². The number of hydrogen-bond acceptors (Lipinski definition) is 5. The Kier molecular flexibility index (Phi) is 5.73. The summed E-state index contributed by atoms with van der Waals surface area (Å²) in [5, 5.41) is 3.35. The lowest BCUT2D eigenvalue weighted by atomic mass is 10.2. The van der Waals surface area contributed by atoms with Crippen LogP contribution in [0.15, 0.2) is 6.07 Å². The van der Waals surface area contributed by atoms with Crippen molar-refractivity contribution < 1.29 is 4.79 Å². The smallest absolute Gasteiger partial charge is 0.134 e. The minimum absolute atomic E-state index is 0.190. The predicted octanol–water partition coefficient (Wildman–Crippen LogP) is 2.41. The molecule has 0 aliphatic carbocycles. The quantitative estimate of drug-likeness (QED) is 0.819. The molecule has 0 aliphatic heterocycles. The average molecular weight is 264 g/mol. The van der Waals surface area contributed by atoms with Crippen molar-refractivity contribution >= 4 is 17.4 Å². The van der Waals surface area contributed by atoms with Gasteiger partial charge >= 0.3 is 0 Å². The van der Waals surface area contributed by atoms with Gasteiger partial charge in [-0.25, -0.2) is 9.97 Å². The van der Waals surface area contributed by atoms with Gasteiger partial charge in [-0.1, -0.05) is 6.92 Å². The van der Waals surface area contributed by atoms with E-state index >= 15 is 0 Å². The summed E-state index contributed by atoms with van der Waals surface area (Å²) in [7, 11) is 1.94. The number of aromatic nitrogens is 2. The zero-order valence-corrected chi connectivity index (χ0v) is 12.5. The maximum absolute atomic E-state index is 11.0. The molecule has 106 valence electrons. The fourth-order valence-corrected chi connectivity index (χ4v) is 1.62. The van der Waals surface area contributed by atoms with Crippen LogP contribution >= 0.6 is 0 Å². The average Bonchev–Trinajstić information content (AvgIpc) is 2.34. The van der Waals surface area contributed by atoms with Crippen LogP contribution in [0, 0.1) is 6.92 Å². The number of Topliss-reactive ketones (excluding diaryl/α,β-unsaturated/α-hetero) is 1. The number of nitrogens with one attached hydrogen (secondary N) is 1. The van der Waals surface area contributed by atoms with Crippen LogP contribution in [0.3, 0.4) is 0 Å². The third-order valence-electron chi connectivity index (χ3n) is 3.02. The van der Waals surface area contributed by atoms with Crippen molar-refractivity contribution in [3.05, 3.63) is 11.9 Å². The van der Waals surface area contributed by atoms with E-state index in [4.69, 9.17) is 0 Å². The molecule has 0 fully saturated rings. The Balaban J connectivity index is 2.80. The van der Waals surface area contributed by atoms with Gasteiger partial charge < -0.3 is 10.2 Å². The Labute approximate surface area is 115 Å². The summed E-state index contributed by atoms with van der Waals surface area (Å²) < 4.78 is 0. The molecule has 1 aromatic rings. The molecule has 0 saturated heterocycles. The van der Waals surface area contributed by atoms with Crippen LogP contribution in [0.1, 0.15) is 39.4 Å². The molecule has 0 amide bonds. The van der Waals surface area contributed by atoms with Gasteiger partial charge in [0.1, 0.15) is 23.2 Å². The number of nitrogens with zero attached hydrogens (tertiary/aromatic N) is 3. The molecule has 0 bridgehead atoms. The molecule has 5 nitrogen and oxygen atoms in total. The largest absolute Gasteiger partial charge is 0.367 e. The molecule has 1 aromatic heterocycles. The van der Waals surface area contributed by atoms with E-state index < -0.39 is 0 Å². The lowest BCUT2D eigenvalue weighted by molar-refractivity contribution is -0.116. The summed E-state index contributed by atoms with van der Waals surface area (Å²) in [6.45, 7) is 8.41. The van der Waals surface area contributed by atoms with Gasteiger partial charge in [0.25, 0.3) is 0 Å². The van der Waals surface area contributed by atoms with Crippen molar-refractivity contribution in [2.24, 2.45) is 0 Å². The number of ketones is 1. The Morgan fingerprint density at radius 3 is 2.74 bits per heavy atom. The second-order valence-electron chi connectivity index (χ2n) is 4.99. The summed E-state index contributed by atoms with van der Waals surface area (Å²) in [6, 6.07) is 2.31. The van der Waals surface area contributed by atoms with E-state index in [0.29, 0.717) is 19.0 Å². The highest BCUT2D eigenvalue weighted by atomic mass is 16.1. The van der Waals surface area contributed by atoms with Crippen LogP contribution < -0.4 is 10.2 Å². The second-order valence-corrected chi connectivity index (χ2v) is 4.99. The van der Waals surface area contributed by atoms with E-state index in [2.05, 4.69) is 29.1 Å². The van der Waals surface area contributed by atoms with E-state index in [-0.39, 0.29) is 5.78 Å². The molecule has 19 heavy (non-hydrogen) atoms. The minimum atomic E-state index is 0.190. The SMILES string of the molecule is CCC(C)Nc1cc(N(C)CCC(C)=O)nc(C)n1. The molecule has 0 radical (unpaired) electrons. The van der Waals surface area contributed by atoms with Crippen molar-refractivity contribution in [1.29, 1.82) is 0 Å². The monoisotopic (exact) mass is 264 g/mol. The van der Waals surface area contributed by atoms with E-state index in [1.165, 1.54) is 0 Å². The van der Waals surface area contributed by atoms with Gasteiger partial charge in [0.05, 0.1) is 0 Å². The first-order valence-electron chi connectivity index (χ1n) is 6.75. The van der Waals surface area contributed by atoms with Gasteiger partial charge in [-0.15, -0.1) is 0 Å². The molecule has 0 saturated carbocycles. The molecular formula is C14H24N4O. The summed E-state index contributed by atoms with van der Waals surface area (Å²) in [5.74, 6) is 2.61.